The number of aromatic nitrogens is 3. The van der Waals surface area contributed by atoms with Crippen molar-refractivity contribution in [1.82, 2.24) is 15.0 Å². The second-order valence-electron chi connectivity index (χ2n) is 13.6. The smallest absolute Gasteiger partial charge is 0.216 e. The van der Waals surface area contributed by atoms with Crippen LogP contribution in [0.2, 0.25) is 0 Å². The van der Waals surface area contributed by atoms with Gasteiger partial charge in [0.25, 0.3) is 0 Å². The van der Waals surface area contributed by atoms with Crippen molar-refractivity contribution in [2.75, 3.05) is 0 Å². The largest absolute Gasteiger partial charge is 0.486 e. The number of pyridine rings is 3. The first-order chi connectivity index (χ1) is 24.6. The van der Waals surface area contributed by atoms with E-state index in [-0.39, 0.29) is 20.1 Å². The van der Waals surface area contributed by atoms with Gasteiger partial charge in [0, 0.05) is 50.0 Å². The van der Waals surface area contributed by atoms with E-state index in [0.717, 1.165) is 56.5 Å². The third kappa shape index (κ3) is 7.67. The number of hydrogen-bond donors (Lipinski definition) is 0. The van der Waals surface area contributed by atoms with Crippen molar-refractivity contribution in [3.8, 4) is 33.6 Å². The van der Waals surface area contributed by atoms with E-state index >= 15 is 0 Å². The maximum absolute atomic E-state index is 6.37. The van der Waals surface area contributed by atoms with Gasteiger partial charge in [0.15, 0.2) is 0 Å². The van der Waals surface area contributed by atoms with Gasteiger partial charge in [-0.1, -0.05) is 83.6 Å². The fourth-order valence-electron chi connectivity index (χ4n) is 6.72. The average molecular weight is 856 g/mol. The molecule has 261 valence electrons. The molecule has 4 aromatic heterocycles. The normalized spacial score (nSPS) is 10.9. The standard InChI is InChI=1S/C33H27N2O.C14H14N.Ir/c1-20-15-21(2)31(22(3)16-20)29-18-30(34-19-23(29)4)28-12-8-11-26-27-14-13-25(35-33(27)36-32(26)28)17-24-9-6-5-7-10-24;1-10-4-6-13(7-5-10)14-8-11(2)12(3)9-15-14;/h5-11,13-16,18-19H,17H2,1-4H3;4-6,8-9H,1-3H3;/q2*-1;. The minimum Gasteiger partial charge on any atom is -0.486 e. The van der Waals surface area contributed by atoms with E-state index in [0.29, 0.717) is 5.71 Å². The van der Waals surface area contributed by atoms with Gasteiger partial charge in [0.1, 0.15) is 0 Å². The van der Waals surface area contributed by atoms with Crippen LogP contribution in [0.15, 0.2) is 114 Å². The predicted octanol–water partition coefficient (Wildman–Crippen LogP) is 11.8. The summed E-state index contributed by atoms with van der Waals surface area (Å²) in [6, 6.07) is 40.1. The van der Waals surface area contributed by atoms with Crippen LogP contribution in [0.25, 0.3) is 55.7 Å². The first kappa shape index (κ1) is 36.6. The predicted molar refractivity (Wildman–Crippen MR) is 210 cm³/mol. The van der Waals surface area contributed by atoms with Crippen LogP contribution in [-0.4, -0.2) is 15.0 Å². The number of rotatable bonds is 5. The van der Waals surface area contributed by atoms with Crippen molar-refractivity contribution in [1.29, 1.82) is 0 Å². The molecule has 0 bridgehead atoms. The molecule has 0 aliphatic rings. The van der Waals surface area contributed by atoms with Gasteiger partial charge in [-0.25, -0.2) is 4.98 Å². The second kappa shape index (κ2) is 15.6. The molecule has 5 heteroatoms. The van der Waals surface area contributed by atoms with Crippen LogP contribution >= 0.6 is 0 Å². The number of furan rings is 1. The average Bonchev–Trinajstić information content (AvgIpc) is 3.49. The van der Waals surface area contributed by atoms with Gasteiger partial charge in [-0.05, 0) is 104 Å². The quantitative estimate of drug-likeness (QED) is 0.162. The van der Waals surface area contributed by atoms with Crippen LogP contribution in [-0.2, 0) is 26.5 Å². The molecule has 4 heterocycles. The maximum atomic E-state index is 6.37. The van der Waals surface area contributed by atoms with E-state index in [1.807, 2.05) is 36.7 Å². The van der Waals surface area contributed by atoms with Gasteiger partial charge < -0.3 is 14.4 Å². The van der Waals surface area contributed by atoms with Crippen LogP contribution in [0.3, 0.4) is 0 Å². The molecule has 8 aromatic rings. The fourth-order valence-corrected chi connectivity index (χ4v) is 6.72. The van der Waals surface area contributed by atoms with E-state index < -0.39 is 0 Å². The Balaban J connectivity index is 0.000000244. The van der Waals surface area contributed by atoms with Crippen molar-refractivity contribution < 1.29 is 24.5 Å². The minimum atomic E-state index is 0. The summed E-state index contributed by atoms with van der Waals surface area (Å²) in [6.45, 7) is 14.9. The van der Waals surface area contributed by atoms with Crippen LogP contribution in [0, 0.1) is 60.6 Å². The minimum absolute atomic E-state index is 0. The summed E-state index contributed by atoms with van der Waals surface area (Å²) in [5.74, 6) is 0. The monoisotopic (exact) mass is 856 g/mol. The number of nitrogens with zero attached hydrogens (tertiary/aromatic N) is 3. The van der Waals surface area contributed by atoms with Gasteiger partial charge in [-0.3, -0.25) is 0 Å². The van der Waals surface area contributed by atoms with Crippen molar-refractivity contribution in [2.24, 2.45) is 0 Å². The summed E-state index contributed by atoms with van der Waals surface area (Å²) in [5, 5.41) is 2.04. The summed E-state index contributed by atoms with van der Waals surface area (Å²) in [5.41, 5.74) is 18.6. The third-order valence-corrected chi connectivity index (χ3v) is 9.51. The first-order valence-electron chi connectivity index (χ1n) is 17.4. The Labute approximate surface area is 320 Å². The van der Waals surface area contributed by atoms with Crippen molar-refractivity contribution in [2.45, 2.75) is 54.9 Å². The molecule has 1 radical (unpaired) electrons. The molecule has 0 saturated carbocycles. The molecule has 0 atom stereocenters. The van der Waals surface area contributed by atoms with E-state index in [2.05, 4.69) is 138 Å². The van der Waals surface area contributed by atoms with Gasteiger partial charge in [0.2, 0.25) is 5.71 Å². The number of hydrogen-bond acceptors (Lipinski definition) is 4. The van der Waals surface area contributed by atoms with Crippen LogP contribution in [0.4, 0.5) is 0 Å². The Bertz CT molecular complexity index is 2490. The Morgan fingerprint density at radius 1 is 0.615 bits per heavy atom. The molecule has 4 nitrogen and oxygen atoms in total. The Morgan fingerprint density at radius 2 is 1.35 bits per heavy atom. The maximum Gasteiger partial charge on any atom is 0.216 e. The summed E-state index contributed by atoms with van der Waals surface area (Å²) in [4.78, 5) is 14.1. The number of fused-ring (bicyclic) bond motifs is 3. The summed E-state index contributed by atoms with van der Waals surface area (Å²) >= 11 is 0. The van der Waals surface area contributed by atoms with Crippen molar-refractivity contribution >= 4 is 22.1 Å². The second-order valence-corrected chi connectivity index (χ2v) is 13.6. The van der Waals surface area contributed by atoms with Gasteiger partial charge in [-0.2, -0.15) is 0 Å². The summed E-state index contributed by atoms with van der Waals surface area (Å²) in [7, 11) is 0. The third-order valence-electron chi connectivity index (χ3n) is 9.51. The molecule has 0 saturated heterocycles. The summed E-state index contributed by atoms with van der Waals surface area (Å²) < 4.78 is 6.37. The van der Waals surface area contributed by atoms with Crippen molar-refractivity contribution in [3.63, 3.8) is 0 Å². The van der Waals surface area contributed by atoms with Crippen LogP contribution in [0.1, 0.15) is 50.2 Å². The molecule has 0 fully saturated rings. The molecule has 0 unspecified atom stereocenters. The zero-order valence-electron chi connectivity index (χ0n) is 30.7. The van der Waals surface area contributed by atoms with E-state index in [9.17, 15) is 0 Å². The molecule has 0 aliphatic carbocycles. The van der Waals surface area contributed by atoms with E-state index in [4.69, 9.17) is 14.4 Å². The zero-order valence-corrected chi connectivity index (χ0v) is 33.1. The number of benzene rings is 4. The Hall–Kier alpha value is -5.22. The molecule has 8 rings (SSSR count). The molecule has 0 spiro atoms. The van der Waals surface area contributed by atoms with Gasteiger partial charge >= 0.3 is 0 Å². The van der Waals surface area contributed by atoms with Crippen LogP contribution in [0.5, 0.6) is 0 Å². The Kier molecular flexibility index (Phi) is 10.9. The molecular formula is C47H41IrN3O-2. The molecule has 4 aromatic carbocycles. The number of aryl methyl sites for hydroxylation is 7. The van der Waals surface area contributed by atoms with Crippen LogP contribution < -0.4 is 0 Å². The molecule has 0 amide bonds. The van der Waals surface area contributed by atoms with Gasteiger partial charge in [0.05, 0.1) is 5.58 Å². The summed E-state index contributed by atoms with van der Waals surface area (Å²) in [6.07, 6.45) is 4.64. The molecule has 52 heavy (non-hydrogen) atoms. The van der Waals surface area contributed by atoms with Crippen molar-refractivity contribution in [3.05, 3.63) is 172 Å². The topological polar surface area (TPSA) is 51.8 Å². The van der Waals surface area contributed by atoms with Gasteiger partial charge in [-0.15, -0.1) is 53.6 Å². The fraction of sp³-hybridized carbons (Fsp3) is 0.170. The SMILES string of the molecule is Cc1c[c-]c(-c2cc(C)c(C)cn2)cc1.Cc1cc(C)c(-c2cc(-c3[c-]ccc4c3oc3nc(Cc5ccccc5)ccc34)ncc2C)c(C)c1.[Ir]. The molecule has 0 aliphatic heterocycles. The molecular weight excluding hydrogens is 815 g/mol. The molecule has 0 N–H and O–H groups in total. The van der Waals surface area contributed by atoms with E-state index in [1.165, 1.54) is 50.1 Å². The first-order valence-corrected chi connectivity index (χ1v) is 17.4. The van der Waals surface area contributed by atoms with E-state index in [1.54, 1.807) is 0 Å². The zero-order chi connectivity index (χ0) is 35.6. The Morgan fingerprint density at radius 3 is 2.06 bits per heavy atom.